The average Bonchev–Trinajstić information content (AvgIpc) is 2.20. The summed E-state index contributed by atoms with van der Waals surface area (Å²) in [6.07, 6.45) is 1.07. The molecule has 90 valence electrons. The third-order valence-electron chi connectivity index (χ3n) is 2.86. The highest BCUT2D eigenvalue weighted by Gasteiger charge is 2.14. The van der Waals surface area contributed by atoms with Crippen molar-refractivity contribution in [3.63, 3.8) is 0 Å². The van der Waals surface area contributed by atoms with E-state index in [9.17, 15) is 0 Å². The smallest absolute Gasteiger partial charge is 0.134 e. The Hall–Kier alpha value is -1.32. The van der Waals surface area contributed by atoms with Crippen molar-refractivity contribution in [2.45, 2.75) is 47.1 Å². The molecule has 0 aliphatic rings. The van der Waals surface area contributed by atoms with Crippen LogP contribution < -0.4 is 11.1 Å². The zero-order valence-corrected chi connectivity index (χ0v) is 10.8. The molecule has 1 unspecified atom stereocenters. The van der Waals surface area contributed by atoms with Gasteiger partial charge in [-0.05, 0) is 26.2 Å². The van der Waals surface area contributed by atoms with E-state index in [4.69, 9.17) is 5.73 Å². The maximum Gasteiger partial charge on any atom is 0.134 e. The molecule has 0 amide bonds. The second-order valence-corrected chi connectivity index (χ2v) is 4.53. The molecular formula is C12H22N4. The van der Waals surface area contributed by atoms with E-state index in [1.807, 2.05) is 13.8 Å². The largest absolute Gasteiger partial charge is 0.383 e. The topological polar surface area (TPSA) is 63.8 Å². The molecule has 0 bridgehead atoms. The molecule has 3 N–H and O–H groups in total. The van der Waals surface area contributed by atoms with Crippen LogP contribution in [0.3, 0.4) is 0 Å². The normalized spacial score (nSPS) is 12.9. The molecule has 1 heterocycles. The highest BCUT2D eigenvalue weighted by Crippen LogP contribution is 2.20. The van der Waals surface area contributed by atoms with Crippen molar-refractivity contribution >= 4 is 11.6 Å². The maximum atomic E-state index is 5.82. The molecule has 1 aromatic rings. The van der Waals surface area contributed by atoms with Gasteiger partial charge >= 0.3 is 0 Å². The lowest BCUT2D eigenvalue weighted by molar-refractivity contribution is 0.509. The molecule has 4 nitrogen and oxygen atoms in total. The predicted molar refractivity (Wildman–Crippen MR) is 68.5 cm³/mol. The van der Waals surface area contributed by atoms with Crippen LogP contribution in [-0.2, 0) is 0 Å². The van der Waals surface area contributed by atoms with Gasteiger partial charge in [-0.25, -0.2) is 9.97 Å². The molecule has 1 atom stereocenters. The summed E-state index contributed by atoms with van der Waals surface area (Å²) in [7, 11) is 0. The number of nitrogen functional groups attached to an aromatic ring is 1. The Morgan fingerprint density at radius 3 is 2.38 bits per heavy atom. The Kier molecular flexibility index (Phi) is 4.10. The fourth-order valence-electron chi connectivity index (χ4n) is 1.71. The number of aromatic nitrogens is 2. The van der Waals surface area contributed by atoms with Crippen LogP contribution in [0.4, 0.5) is 11.6 Å². The molecule has 0 saturated carbocycles. The van der Waals surface area contributed by atoms with E-state index in [1.54, 1.807) is 0 Å². The van der Waals surface area contributed by atoms with Gasteiger partial charge in [0.25, 0.3) is 0 Å². The van der Waals surface area contributed by atoms with Crippen LogP contribution >= 0.6 is 0 Å². The van der Waals surface area contributed by atoms with Gasteiger partial charge in [-0.3, -0.25) is 0 Å². The summed E-state index contributed by atoms with van der Waals surface area (Å²) >= 11 is 0. The molecular weight excluding hydrogens is 200 g/mol. The first-order valence-corrected chi connectivity index (χ1v) is 5.83. The van der Waals surface area contributed by atoms with E-state index >= 15 is 0 Å². The molecule has 4 heteroatoms. The van der Waals surface area contributed by atoms with E-state index in [-0.39, 0.29) is 0 Å². The number of aryl methyl sites for hydroxylation is 1. The number of hydrogen-bond acceptors (Lipinski definition) is 4. The fourth-order valence-corrected chi connectivity index (χ4v) is 1.71. The summed E-state index contributed by atoms with van der Waals surface area (Å²) in [6.45, 7) is 10.4. The number of nitrogens with one attached hydrogen (secondary N) is 1. The summed E-state index contributed by atoms with van der Waals surface area (Å²) in [5, 5.41) is 3.45. The Morgan fingerprint density at radius 2 is 1.88 bits per heavy atom. The lowest BCUT2D eigenvalue weighted by Crippen LogP contribution is -2.26. The predicted octanol–water partition coefficient (Wildman–Crippen LogP) is 2.52. The maximum absolute atomic E-state index is 5.82. The molecule has 0 saturated heterocycles. The number of hydrogen-bond donors (Lipinski definition) is 2. The van der Waals surface area contributed by atoms with Crippen molar-refractivity contribution in [1.82, 2.24) is 9.97 Å². The number of anilines is 2. The molecule has 16 heavy (non-hydrogen) atoms. The Morgan fingerprint density at radius 1 is 1.25 bits per heavy atom. The second-order valence-electron chi connectivity index (χ2n) is 4.53. The number of nitrogens with zero attached hydrogens (tertiary/aromatic N) is 2. The molecule has 0 radical (unpaired) electrons. The van der Waals surface area contributed by atoms with Gasteiger partial charge in [-0.2, -0.15) is 0 Å². The van der Waals surface area contributed by atoms with Crippen molar-refractivity contribution in [2.75, 3.05) is 11.1 Å². The molecule has 0 fully saturated rings. The van der Waals surface area contributed by atoms with E-state index in [0.29, 0.717) is 23.6 Å². The number of rotatable bonds is 4. The summed E-state index contributed by atoms with van der Waals surface area (Å²) in [5.41, 5.74) is 6.76. The first-order chi connectivity index (χ1) is 7.45. The van der Waals surface area contributed by atoms with Crippen LogP contribution in [-0.4, -0.2) is 16.0 Å². The lowest BCUT2D eigenvalue weighted by Gasteiger charge is -2.22. The quantitative estimate of drug-likeness (QED) is 0.821. The van der Waals surface area contributed by atoms with Crippen LogP contribution in [0, 0.1) is 19.8 Å². The molecule has 0 aliphatic heterocycles. The van der Waals surface area contributed by atoms with Gasteiger partial charge in [0.15, 0.2) is 0 Å². The van der Waals surface area contributed by atoms with Crippen LogP contribution in [0.5, 0.6) is 0 Å². The van der Waals surface area contributed by atoms with E-state index < -0.39 is 0 Å². The molecule has 1 aromatic heterocycles. The lowest BCUT2D eigenvalue weighted by atomic mass is 10.0. The standard InChI is InChI=1S/C12H22N4/c1-6-10(7(2)3)16-12-8(4)11(13)14-9(5)15-12/h7,10H,6H2,1-5H3,(H3,13,14,15,16). The zero-order chi connectivity index (χ0) is 12.3. The Labute approximate surface area is 97.7 Å². The Balaban J connectivity index is 2.96. The minimum absolute atomic E-state index is 0.424. The Bertz CT molecular complexity index is 360. The first-order valence-electron chi connectivity index (χ1n) is 5.83. The molecule has 0 aliphatic carbocycles. The van der Waals surface area contributed by atoms with Gasteiger partial charge in [0.1, 0.15) is 17.5 Å². The van der Waals surface area contributed by atoms with E-state index in [1.165, 1.54) is 0 Å². The molecule has 0 spiro atoms. The number of nitrogens with two attached hydrogens (primary N) is 1. The van der Waals surface area contributed by atoms with Crippen molar-refractivity contribution in [3.05, 3.63) is 11.4 Å². The highest BCUT2D eigenvalue weighted by atomic mass is 15.1. The van der Waals surface area contributed by atoms with Gasteiger partial charge < -0.3 is 11.1 Å². The van der Waals surface area contributed by atoms with Gasteiger partial charge in [0.2, 0.25) is 0 Å². The first kappa shape index (κ1) is 12.7. The third-order valence-corrected chi connectivity index (χ3v) is 2.86. The van der Waals surface area contributed by atoms with Crippen LogP contribution in [0.25, 0.3) is 0 Å². The van der Waals surface area contributed by atoms with Gasteiger partial charge in [0, 0.05) is 11.6 Å². The van der Waals surface area contributed by atoms with Crippen molar-refractivity contribution in [3.8, 4) is 0 Å². The van der Waals surface area contributed by atoms with Gasteiger partial charge in [-0.1, -0.05) is 20.8 Å². The molecule has 1 rings (SSSR count). The van der Waals surface area contributed by atoms with Crippen LogP contribution in [0.2, 0.25) is 0 Å². The van der Waals surface area contributed by atoms with Crippen molar-refractivity contribution in [1.29, 1.82) is 0 Å². The third kappa shape index (κ3) is 2.84. The fraction of sp³-hybridized carbons (Fsp3) is 0.667. The minimum Gasteiger partial charge on any atom is -0.383 e. The van der Waals surface area contributed by atoms with E-state index in [0.717, 1.165) is 17.8 Å². The highest BCUT2D eigenvalue weighted by molar-refractivity contribution is 5.55. The summed E-state index contributed by atoms with van der Waals surface area (Å²) in [4.78, 5) is 8.54. The average molecular weight is 222 g/mol. The SMILES string of the molecule is CCC(Nc1nc(C)nc(N)c1C)C(C)C. The van der Waals surface area contributed by atoms with Gasteiger partial charge in [-0.15, -0.1) is 0 Å². The summed E-state index contributed by atoms with van der Waals surface area (Å²) < 4.78 is 0. The monoisotopic (exact) mass is 222 g/mol. The summed E-state index contributed by atoms with van der Waals surface area (Å²) in [6, 6.07) is 0.424. The summed E-state index contributed by atoms with van der Waals surface area (Å²) in [5.74, 6) is 2.71. The van der Waals surface area contributed by atoms with Crippen LogP contribution in [0.1, 0.15) is 38.6 Å². The van der Waals surface area contributed by atoms with Crippen molar-refractivity contribution < 1.29 is 0 Å². The molecule has 0 aromatic carbocycles. The minimum atomic E-state index is 0.424. The second kappa shape index (κ2) is 5.14. The zero-order valence-electron chi connectivity index (χ0n) is 10.8. The van der Waals surface area contributed by atoms with Gasteiger partial charge in [0.05, 0.1) is 0 Å². The van der Waals surface area contributed by atoms with Crippen molar-refractivity contribution in [2.24, 2.45) is 5.92 Å². The van der Waals surface area contributed by atoms with Crippen LogP contribution in [0.15, 0.2) is 0 Å². The van der Waals surface area contributed by atoms with E-state index in [2.05, 4.69) is 36.1 Å².